The monoisotopic (exact) mass is 242 g/mol. The molecule has 0 radical (unpaired) electrons. The first-order valence-corrected chi connectivity index (χ1v) is 6.39. The molecule has 18 heavy (non-hydrogen) atoms. The second kappa shape index (κ2) is 4.12. The van der Waals surface area contributed by atoms with Gasteiger partial charge in [-0.1, -0.05) is 13.0 Å². The van der Waals surface area contributed by atoms with Crippen molar-refractivity contribution < 1.29 is 0 Å². The molecule has 1 atom stereocenters. The fourth-order valence-electron chi connectivity index (χ4n) is 2.57. The van der Waals surface area contributed by atoms with Gasteiger partial charge in [0.15, 0.2) is 0 Å². The molecule has 0 aromatic heterocycles. The predicted molar refractivity (Wildman–Crippen MR) is 75.4 cm³/mol. The summed E-state index contributed by atoms with van der Waals surface area (Å²) in [7, 11) is 2.14. The summed E-state index contributed by atoms with van der Waals surface area (Å²) < 4.78 is 0. The lowest BCUT2D eigenvalue weighted by Gasteiger charge is -2.17. The summed E-state index contributed by atoms with van der Waals surface area (Å²) in [6.45, 7) is 3.20. The lowest BCUT2D eigenvalue weighted by Crippen LogP contribution is -2.26. The van der Waals surface area contributed by atoms with E-state index < -0.39 is 0 Å². The normalized spacial score (nSPS) is 22.6. The Morgan fingerprint density at radius 2 is 2.17 bits per heavy atom. The fourth-order valence-corrected chi connectivity index (χ4v) is 2.57. The molecule has 2 aliphatic heterocycles. The molecule has 0 spiro atoms. The van der Waals surface area contributed by atoms with Crippen molar-refractivity contribution in [2.24, 2.45) is 21.9 Å². The zero-order valence-electron chi connectivity index (χ0n) is 10.8. The molecule has 0 amide bonds. The van der Waals surface area contributed by atoms with Crippen LogP contribution in [0.2, 0.25) is 0 Å². The Hall–Kier alpha value is -1.84. The Bertz CT molecular complexity index is 545. The number of hydrogen-bond acceptors (Lipinski definition) is 4. The summed E-state index contributed by atoms with van der Waals surface area (Å²) in [5.41, 5.74) is 10.7. The van der Waals surface area contributed by atoms with E-state index in [9.17, 15) is 0 Å². The van der Waals surface area contributed by atoms with E-state index >= 15 is 0 Å². The molecule has 0 aliphatic carbocycles. The van der Waals surface area contributed by atoms with Crippen molar-refractivity contribution in [3.8, 4) is 0 Å². The first kappa shape index (κ1) is 11.3. The molecule has 3 rings (SSSR count). The van der Waals surface area contributed by atoms with E-state index in [0.717, 1.165) is 25.1 Å². The van der Waals surface area contributed by atoms with Crippen LogP contribution in [0.25, 0.3) is 0 Å². The van der Waals surface area contributed by atoms with E-state index in [1.807, 2.05) is 0 Å². The third-order valence-electron chi connectivity index (χ3n) is 3.83. The van der Waals surface area contributed by atoms with Gasteiger partial charge in [-0.05, 0) is 29.7 Å². The maximum Gasteiger partial charge on any atom is 0.125 e. The largest absolute Gasteiger partial charge is 0.385 e. The van der Waals surface area contributed by atoms with Crippen LogP contribution in [0.4, 0.5) is 5.69 Å². The molecule has 4 nitrogen and oxygen atoms in total. The van der Waals surface area contributed by atoms with Gasteiger partial charge in [0.1, 0.15) is 5.84 Å². The molecule has 1 unspecified atom stereocenters. The fraction of sp³-hybridized carbons (Fsp3) is 0.429. The Morgan fingerprint density at radius 3 is 2.94 bits per heavy atom. The number of anilines is 1. The second-order valence-electron chi connectivity index (χ2n) is 5.19. The van der Waals surface area contributed by atoms with Gasteiger partial charge in [0.2, 0.25) is 0 Å². The lowest BCUT2D eigenvalue weighted by atomic mass is 9.96. The van der Waals surface area contributed by atoms with Crippen molar-refractivity contribution in [1.29, 1.82) is 0 Å². The van der Waals surface area contributed by atoms with Gasteiger partial charge in [0.05, 0.1) is 5.71 Å². The first-order valence-electron chi connectivity index (χ1n) is 6.39. The summed E-state index contributed by atoms with van der Waals surface area (Å²) in [5.74, 6) is 0.924. The molecular weight excluding hydrogens is 224 g/mol. The number of benzene rings is 1. The summed E-state index contributed by atoms with van der Waals surface area (Å²) >= 11 is 0. The average Bonchev–Trinajstić information content (AvgIpc) is 2.74. The number of likely N-dealkylation sites (N-methyl/N-ethyl adjacent to an activating group) is 1. The highest BCUT2D eigenvalue weighted by Crippen LogP contribution is 2.28. The Morgan fingerprint density at radius 1 is 1.33 bits per heavy atom. The summed E-state index contributed by atoms with van der Waals surface area (Å²) in [4.78, 5) is 2.29. The number of amidine groups is 1. The van der Waals surface area contributed by atoms with Gasteiger partial charge in [0, 0.05) is 31.6 Å². The zero-order chi connectivity index (χ0) is 12.7. The molecule has 0 bridgehead atoms. The summed E-state index contributed by atoms with van der Waals surface area (Å²) in [6.07, 6.45) is 2.00. The third-order valence-corrected chi connectivity index (χ3v) is 3.83. The molecule has 2 heterocycles. The van der Waals surface area contributed by atoms with Crippen molar-refractivity contribution >= 4 is 17.2 Å². The SMILES string of the molecule is CC1CC(c2ccc3c(c2)CCN3C)=NN=C1N. The van der Waals surface area contributed by atoms with Crippen LogP contribution in [-0.4, -0.2) is 25.1 Å². The minimum absolute atomic E-state index is 0.286. The minimum Gasteiger partial charge on any atom is -0.385 e. The van der Waals surface area contributed by atoms with Gasteiger partial charge in [-0.2, -0.15) is 5.10 Å². The zero-order valence-corrected chi connectivity index (χ0v) is 10.8. The van der Waals surface area contributed by atoms with Crippen molar-refractivity contribution in [1.82, 2.24) is 0 Å². The highest BCUT2D eigenvalue weighted by molar-refractivity contribution is 6.05. The van der Waals surface area contributed by atoms with Gasteiger partial charge < -0.3 is 10.6 Å². The van der Waals surface area contributed by atoms with Gasteiger partial charge in [0.25, 0.3) is 0 Å². The molecular formula is C14H18N4. The quantitative estimate of drug-likeness (QED) is 0.816. The van der Waals surface area contributed by atoms with Crippen LogP contribution in [0.15, 0.2) is 28.4 Å². The number of fused-ring (bicyclic) bond motifs is 1. The van der Waals surface area contributed by atoms with E-state index in [1.165, 1.54) is 16.8 Å². The van der Waals surface area contributed by atoms with Gasteiger partial charge in [-0.3, -0.25) is 0 Å². The molecule has 94 valence electrons. The van der Waals surface area contributed by atoms with Crippen molar-refractivity contribution in [2.75, 3.05) is 18.5 Å². The predicted octanol–water partition coefficient (Wildman–Crippen LogP) is 1.78. The van der Waals surface area contributed by atoms with Crippen LogP contribution < -0.4 is 10.6 Å². The lowest BCUT2D eigenvalue weighted by molar-refractivity contribution is 0.779. The minimum atomic E-state index is 0.286. The van der Waals surface area contributed by atoms with Gasteiger partial charge in [-0.15, -0.1) is 5.10 Å². The third kappa shape index (κ3) is 1.78. The molecule has 1 aromatic carbocycles. The first-order chi connectivity index (χ1) is 8.65. The molecule has 2 N–H and O–H groups in total. The smallest absolute Gasteiger partial charge is 0.125 e. The summed E-state index contributed by atoms with van der Waals surface area (Å²) in [6, 6.07) is 6.58. The molecule has 0 fully saturated rings. The van der Waals surface area contributed by atoms with Crippen molar-refractivity contribution in [3.05, 3.63) is 29.3 Å². The van der Waals surface area contributed by atoms with E-state index in [4.69, 9.17) is 5.73 Å². The number of nitrogens with two attached hydrogens (primary N) is 1. The van der Waals surface area contributed by atoms with Crippen LogP contribution in [0.3, 0.4) is 0 Å². The molecule has 0 saturated carbocycles. The standard InChI is InChI=1S/C14H18N4/c1-9-7-12(16-17-14(9)15)10-3-4-13-11(8-10)5-6-18(13)2/h3-4,8-9H,5-7H2,1-2H3,(H2,15,17). The molecule has 1 aromatic rings. The second-order valence-corrected chi connectivity index (χ2v) is 5.19. The Labute approximate surface area is 107 Å². The summed E-state index contributed by atoms with van der Waals surface area (Å²) in [5, 5.41) is 8.29. The van der Waals surface area contributed by atoms with E-state index in [2.05, 4.69) is 47.3 Å². The van der Waals surface area contributed by atoms with E-state index in [0.29, 0.717) is 5.84 Å². The topological polar surface area (TPSA) is 54.0 Å². The van der Waals surface area contributed by atoms with Crippen LogP contribution in [-0.2, 0) is 6.42 Å². The molecule has 2 aliphatic rings. The maximum atomic E-state index is 5.76. The number of rotatable bonds is 1. The van der Waals surface area contributed by atoms with E-state index in [-0.39, 0.29) is 5.92 Å². The Kier molecular flexibility index (Phi) is 2.58. The average molecular weight is 242 g/mol. The van der Waals surface area contributed by atoms with Gasteiger partial charge >= 0.3 is 0 Å². The number of hydrogen-bond donors (Lipinski definition) is 1. The maximum absolute atomic E-state index is 5.76. The van der Waals surface area contributed by atoms with Crippen molar-refractivity contribution in [2.45, 2.75) is 19.8 Å². The molecule has 0 saturated heterocycles. The highest BCUT2D eigenvalue weighted by atomic mass is 15.2. The van der Waals surface area contributed by atoms with Crippen molar-refractivity contribution in [3.63, 3.8) is 0 Å². The van der Waals surface area contributed by atoms with Gasteiger partial charge in [-0.25, -0.2) is 0 Å². The number of nitrogens with zero attached hydrogens (tertiary/aromatic N) is 3. The van der Waals surface area contributed by atoms with Crippen LogP contribution >= 0.6 is 0 Å². The van der Waals surface area contributed by atoms with Crippen LogP contribution in [0.1, 0.15) is 24.5 Å². The van der Waals surface area contributed by atoms with Crippen LogP contribution in [0, 0.1) is 5.92 Å². The molecule has 4 heteroatoms. The van der Waals surface area contributed by atoms with E-state index in [1.54, 1.807) is 0 Å². The Balaban J connectivity index is 1.95. The van der Waals surface area contributed by atoms with Crippen LogP contribution in [0.5, 0.6) is 0 Å². The highest BCUT2D eigenvalue weighted by Gasteiger charge is 2.20.